The van der Waals surface area contributed by atoms with Crippen LogP contribution in [0.2, 0.25) is 0 Å². The molecule has 1 heterocycles. The highest BCUT2D eigenvalue weighted by atomic mass is 127. The van der Waals surface area contributed by atoms with Crippen molar-refractivity contribution in [3.63, 3.8) is 0 Å². The molecule has 11 heteroatoms. The zero-order valence-electron chi connectivity index (χ0n) is 13.4. The second kappa shape index (κ2) is 11.4. The topological polar surface area (TPSA) is 78.4 Å². The maximum absolute atomic E-state index is 12.4. The number of thiazole rings is 1. The molecule has 0 saturated heterocycles. The number of hydrogen-bond acceptors (Lipinski definition) is 4. The van der Waals surface area contributed by atoms with Crippen molar-refractivity contribution in [3.8, 4) is 0 Å². The van der Waals surface area contributed by atoms with E-state index in [9.17, 15) is 18.0 Å². The minimum atomic E-state index is -4.43. The Kier molecular flexibility index (Phi) is 10.9. The fourth-order valence-corrected chi connectivity index (χ4v) is 2.29. The average Bonchev–Trinajstić information content (AvgIpc) is 2.97. The summed E-state index contributed by atoms with van der Waals surface area (Å²) < 4.78 is 37.3. The highest BCUT2D eigenvalue weighted by Gasteiger charge is 2.33. The van der Waals surface area contributed by atoms with Crippen LogP contribution in [-0.2, 0) is 17.5 Å². The van der Waals surface area contributed by atoms with E-state index in [1.54, 1.807) is 0 Å². The number of nitrogens with zero attached hydrogens (tertiary/aromatic N) is 2. The van der Waals surface area contributed by atoms with Gasteiger partial charge in [0, 0.05) is 31.9 Å². The van der Waals surface area contributed by atoms with Crippen molar-refractivity contribution in [2.24, 2.45) is 4.99 Å². The van der Waals surface area contributed by atoms with E-state index in [1.807, 2.05) is 6.92 Å². The molecule has 1 rings (SSSR count). The minimum Gasteiger partial charge on any atom is -0.356 e. The Bertz CT molecular complexity index is 536. The lowest BCUT2D eigenvalue weighted by Crippen LogP contribution is -2.39. The number of halogens is 4. The van der Waals surface area contributed by atoms with Gasteiger partial charge in [-0.05, 0) is 6.42 Å². The third-order valence-corrected chi connectivity index (χ3v) is 3.54. The Morgan fingerprint density at radius 3 is 2.54 bits per heavy atom. The molecule has 24 heavy (non-hydrogen) atoms. The van der Waals surface area contributed by atoms with Crippen LogP contribution in [0, 0.1) is 0 Å². The van der Waals surface area contributed by atoms with E-state index in [2.05, 4.69) is 25.9 Å². The van der Waals surface area contributed by atoms with Gasteiger partial charge in [0.2, 0.25) is 5.91 Å². The molecule has 0 aromatic carbocycles. The summed E-state index contributed by atoms with van der Waals surface area (Å²) in [6.45, 7) is 3.11. The molecule has 0 radical (unpaired) electrons. The number of aliphatic imine (C=N–C) groups is 1. The van der Waals surface area contributed by atoms with Gasteiger partial charge in [-0.1, -0.05) is 6.92 Å². The smallest absolute Gasteiger partial charge is 0.356 e. The summed E-state index contributed by atoms with van der Waals surface area (Å²) in [6.07, 6.45) is -3.27. The number of hydrogen-bond donors (Lipinski definition) is 3. The molecule has 0 aliphatic rings. The Balaban J connectivity index is 0.00000529. The second-order valence-electron chi connectivity index (χ2n) is 4.58. The van der Waals surface area contributed by atoms with E-state index >= 15 is 0 Å². The number of carbonyl (C=O) groups excluding carboxylic acids is 1. The van der Waals surface area contributed by atoms with Gasteiger partial charge < -0.3 is 16.0 Å². The Labute approximate surface area is 159 Å². The quantitative estimate of drug-likeness (QED) is 0.319. The molecular weight excluding hydrogens is 458 g/mol. The number of rotatable bonds is 7. The number of guanidine groups is 1. The number of alkyl halides is 3. The summed E-state index contributed by atoms with van der Waals surface area (Å²) in [5.74, 6) is 0.335. The highest BCUT2D eigenvalue weighted by Crippen LogP contribution is 2.29. The summed E-state index contributed by atoms with van der Waals surface area (Å²) in [5.41, 5.74) is -0.894. The number of carbonyl (C=O) groups is 1. The molecule has 0 fully saturated rings. The minimum absolute atomic E-state index is 0. The number of aromatic nitrogens is 1. The number of amides is 1. The van der Waals surface area contributed by atoms with E-state index in [0.717, 1.165) is 23.1 Å². The molecule has 0 aliphatic carbocycles. The zero-order valence-corrected chi connectivity index (χ0v) is 16.5. The van der Waals surface area contributed by atoms with Gasteiger partial charge in [0.1, 0.15) is 5.01 Å². The first kappa shape index (κ1) is 22.9. The molecule has 0 aliphatic heterocycles. The summed E-state index contributed by atoms with van der Waals surface area (Å²) in [7, 11) is 1.54. The molecule has 138 valence electrons. The maximum Gasteiger partial charge on any atom is 0.434 e. The average molecular weight is 479 g/mol. The van der Waals surface area contributed by atoms with Crippen molar-refractivity contribution in [3.05, 3.63) is 16.1 Å². The first-order chi connectivity index (χ1) is 10.9. The molecule has 0 saturated carbocycles. The maximum atomic E-state index is 12.4. The van der Waals surface area contributed by atoms with Gasteiger partial charge in [-0.2, -0.15) is 13.2 Å². The van der Waals surface area contributed by atoms with Crippen LogP contribution in [0.25, 0.3) is 0 Å². The van der Waals surface area contributed by atoms with Crippen molar-refractivity contribution >= 4 is 47.2 Å². The van der Waals surface area contributed by atoms with Crippen LogP contribution < -0.4 is 16.0 Å². The van der Waals surface area contributed by atoms with Crippen LogP contribution >= 0.6 is 35.3 Å². The van der Waals surface area contributed by atoms with Gasteiger partial charge in [0.05, 0.1) is 6.54 Å². The Morgan fingerprint density at radius 2 is 2.00 bits per heavy atom. The monoisotopic (exact) mass is 479 g/mol. The molecule has 0 atom stereocenters. The van der Waals surface area contributed by atoms with Gasteiger partial charge in [-0.25, -0.2) is 4.98 Å². The second-order valence-corrected chi connectivity index (χ2v) is 5.52. The Hall–Kier alpha value is -1.11. The van der Waals surface area contributed by atoms with Crippen LogP contribution in [0.4, 0.5) is 13.2 Å². The van der Waals surface area contributed by atoms with Crippen molar-refractivity contribution in [2.75, 3.05) is 20.1 Å². The lowest BCUT2D eigenvalue weighted by molar-refractivity contribution is -0.140. The number of nitrogens with one attached hydrogen (secondary N) is 3. The zero-order chi connectivity index (χ0) is 17.3. The summed E-state index contributed by atoms with van der Waals surface area (Å²) >= 11 is 0.926. The van der Waals surface area contributed by atoms with Crippen LogP contribution in [0.3, 0.4) is 0 Å². The van der Waals surface area contributed by atoms with Crippen LogP contribution in [0.1, 0.15) is 30.5 Å². The van der Waals surface area contributed by atoms with Gasteiger partial charge >= 0.3 is 6.18 Å². The van der Waals surface area contributed by atoms with Gasteiger partial charge in [-0.15, -0.1) is 35.3 Å². The normalized spacial score (nSPS) is 11.6. The molecule has 3 N–H and O–H groups in total. The lowest BCUT2D eigenvalue weighted by atomic mass is 10.4. The molecule has 0 bridgehead atoms. The summed E-state index contributed by atoms with van der Waals surface area (Å²) in [6, 6.07) is 0. The van der Waals surface area contributed by atoms with E-state index in [1.165, 1.54) is 7.05 Å². The highest BCUT2D eigenvalue weighted by molar-refractivity contribution is 14.0. The molecule has 6 nitrogen and oxygen atoms in total. The largest absolute Gasteiger partial charge is 0.434 e. The van der Waals surface area contributed by atoms with E-state index in [4.69, 9.17) is 0 Å². The van der Waals surface area contributed by atoms with Crippen LogP contribution in [-0.4, -0.2) is 37.0 Å². The molecule has 1 aromatic heterocycles. The SMILES string of the molecule is CCCNC(=O)CCNC(=NC)NCc1nc(C(F)(F)F)cs1.I. The van der Waals surface area contributed by atoms with Crippen LogP contribution in [0.5, 0.6) is 0 Å². The van der Waals surface area contributed by atoms with E-state index < -0.39 is 11.9 Å². The van der Waals surface area contributed by atoms with Crippen molar-refractivity contribution < 1.29 is 18.0 Å². The third kappa shape index (κ3) is 8.66. The van der Waals surface area contributed by atoms with E-state index in [0.29, 0.717) is 24.1 Å². The van der Waals surface area contributed by atoms with Crippen molar-refractivity contribution in [1.29, 1.82) is 0 Å². The first-order valence-corrected chi connectivity index (χ1v) is 7.97. The standard InChI is InChI=1S/C13H20F3N5OS.HI/c1-3-5-18-10(22)4-6-19-12(17-2)20-7-11-21-9(8-23-11)13(14,15)16;/h8H,3-7H2,1-2H3,(H,18,22)(H2,17,19,20);1H. The van der Waals surface area contributed by atoms with Gasteiger partial charge in [0.15, 0.2) is 11.7 Å². The molecular formula is C13H21F3IN5OS. The van der Waals surface area contributed by atoms with Crippen molar-refractivity contribution in [2.45, 2.75) is 32.5 Å². The van der Waals surface area contributed by atoms with Crippen LogP contribution in [0.15, 0.2) is 10.4 Å². The first-order valence-electron chi connectivity index (χ1n) is 7.09. The summed E-state index contributed by atoms with van der Waals surface area (Å²) in [5, 5.41) is 9.80. The molecule has 0 unspecified atom stereocenters. The summed E-state index contributed by atoms with van der Waals surface area (Å²) in [4.78, 5) is 18.9. The van der Waals surface area contributed by atoms with Crippen molar-refractivity contribution in [1.82, 2.24) is 20.9 Å². The predicted octanol–water partition coefficient (Wildman–Crippen LogP) is 2.36. The predicted molar refractivity (Wildman–Crippen MR) is 98.7 cm³/mol. The third-order valence-electron chi connectivity index (χ3n) is 2.69. The molecule has 1 amide bonds. The van der Waals surface area contributed by atoms with Gasteiger partial charge in [0.25, 0.3) is 0 Å². The van der Waals surface area contributed by atoms with E-state index in [-0.39, 0.29) is 42.8 Å². The fraction of sp³-hybridized carbons (Fsp3) is 0.615. The molecule has 1 aromatic rings. The lowest BCUT2D eigenvalue weighted by Gasteiger charge is -2.10. The Morgan fingerprint density at radius 1 is 1.29 bits per heavy atom. The van der Waals surface area contributed by atoms with Gasteiger partial charge in [-0.3, -0.25) is 9.79 Å². The fourth-order valence-electron chi connectivity index (χ4n) is 1.55. The molecule has 0 spiro atoms.